The fourth-order valence-electron chi connectivity index (χ4n) is 6.67. The zero-order valence-corrected chi connectivity index (χ0v) is 26.1. The number of hydrogen-bond acceptors (Lipinski definition) is 4. The molecule has 1 aliphatic rings. The molecule has 0 bridgehead atoms. The third kappa shape index (κ3) is 4.99. The van der Waals surface area contributed by atoms with Crippen LogP contribution in [0.2, 0.25) is 0 Å². The second-order valence-electron chi connectivity index (χ2n) is 12.4. The molecule has 1 aliphatic carbocycles. The maximum Gasteiger partial charge on any atom is 0.164 e. The number of hydrogen-bond donors (Lipinski definition) is 0. The van der Waals surface area contributed by atoms with E-state index in [-0.39, 0.29) is 5.41 Å². The summed E-state index contributed by atoms with van der Waals surface area (Å²) in [6.07, 6.45) is 0. The first-order valence-electron chi connectivity index (χ1n) is 15.8. The van der Waals surface area contributed by atoms with Crippen molar-refractivity contribution < 1.29 is 0 Å². The predicted molar refractivity (Wildman–Crippen MR) is 189 cm³/mol. The summed E-state index contributed by atoms with van der Waals surface area (Å²) in [6, 6.07) is 52.3. The van der Waals surface area contributed by atoms with Gasteiger partial charge in [0.15, 0.2) is 17.5 Å². The average Bonchev–Trinajstić information content (AvgIpc) is 3.38. The molecule has 1 aromatic heterocycles. The van der Waals surface area contributed by atoms with Crippen LogP contribution in [0.1, 0.15) is 30.5 Å². The van der Waals surface area contributed by atoms with E-state index in [0.29, 0.717) is 17.5 Å². The van der Waals surface area contributed by atoms with Gasteiger partial charge in [-0.05, 0) is 51.1 Å². The Labute approximate surface area is 274 Å². The molecule has 0 saturated carbocycles. The summed E-state index contributed by atoms with van der Waals surface area (Å²) in [5.41, 5.74) is 12.7. The van der Waals surface area contributed by atoms with Gasteiger partial charge in [0.05, 0.1) is 11.6 Å². The maximum absolute atomic E-state index is 9.77. The summed E-state index contributed by atoms with van der Waals surface area (Å²) in [6.45, 7) is 4.49. The molecule has 0 aliphatic heterocycles. The lowest BCUT2D eigenvalue weighted by atomic mass is 9.81. The molecule has 0 radical (unpaired) electrons. The molecule has 0 saturated heterocycles. The lowest BCUT2D eigenvalue weighted by Crippen LogP contribution is -2.15. The van der Waals surface area contributed by atoms with Gasteiger partial charge in [-0.25, -0.2) is 15.0 Å². The molecule has 1 heterocycles. The Morgan fingerprint density at radius 2 is 0.894 bits per heavy atom. The summed E-state index contributed by atoms with van der Waals surface area (Å²) >= 11 is 0. The second kappa shape index (κ2) is 11.3. The highest BCUT2D eigenvalue weighted by Crippen LogP contribution is 2.50. The molecule has 7 aromatic rings. The van der Waals surface area contributed by atoms with Gasteiger partial charge in [-0.1, -0.05) is 147 Å². The van der Waals surface area contributed by atoms with Crippen molar-refractivity contribution in [3.05, 3.63) is 162 Å². The van der Waals surface area contributed by atoms with Crippen LogP contribution in [0, 0.1) is 11.3 Å². The molecule has 0 amide bonds. The summed E-state index contributed by atoms with van der Waals surface area (Å²) in [7, 11) is 0. The van der Waals surface area contributed by atoms with Crippen molar-refractivity contribution in [1.82, 2.24) is 15.0 Å². The number of nitrogens with zero attached hydrogens (tertiary/aromatic N) is 4. The topological polar surface area (TPSA) is 62.5 Å². The monoisotopic (exact) mass is 602 g/mol. The van der Waals surface area contributed by atoms with E-state index in [9.17, 15) is 5.26 Å². The average molecular weight is 603 g/mol. The number of nitriles is 1. The van der Waals surface area contributed by atoms with Gasteiger partial charge in [-0.2, -0.15) is 5.26 Å². The van der Waals surface area contributed by atoms with Crippen LogP contribution < -0.4 is 0 Å². The van der Waals surface area contributed by atoms with Gasteiger partial charge in [-0.3, -0.25) is 0 Å². The molecule has 0 fully saturated rings. The Morgan fingerprint density at radius 1 is 0.447 bits per heavy atom. The van der Waals surface area contributed by atoms with Crippen LogP contribution in [-0.2, 0) is 5.41 Å². The molecule has 222 valence electrons. The molecule has 0 spiro atoms. The van der Waals surface area contributed by atoms with Crippen LogP contribution in [0.15, 0.2) is 146 Å². The smallest absolute Gasteiger partial charge is 0.164 e. The number of fused-ring (bicyclic) bond motifs is 3. The number of aromatic nitrogens is 3. The lowest BCUT2D eigenvalue weighted by molar-refractivity contribution is 0.660. The van der Waals surface area contributed by atoms with Crippen molar-refractivity contribution in [2.24, 2.45) is 0 Å². The number of benzene rings is 6. The van der Waals surface area contributed by atoms with Crippen LogP contribution >= 0.6 is 0 Å². The minimum atomic E-state index is -0.169. The minimum absolute atomic E-state index is 0.169. The zero-order chi connectivity index (χ0) is 32.0. The van der Waals surface area contributed by atoms with E-state index in [1.165, 1.54) is 16.7 Å². The summed E-state index contributed by atoms with van der Waals surface area (Å²) in [5.74, 6) is 1.94. The molecule has 0 unspecified atom stereocenters. The molecule has 6 aromatic carbocycles. The van der Waals surface area contributed by atoms with Gasteiger partial charge in [0, 0.05) is 27.7 Å². The van der Waals surface area contributed by atoms with Gasteiger partial charge in [-0.15, -0.1) is 0 Å². The van der Waals surface area contributed by atoms with Crippen molar-refractivity contribution in [2.45, 2.75) is 19.3 Å². The van der Waals surface area contributed by atoms with Crippen molar-refractivity contribution in [2.75, 3.05) is 0 Å². The Bertz CT molecular complexity index is 2240. The van der Waals surface area contributed by atoms with E-state index >= 15 is 0 Å². The molecular weight excluding hydrogens is 573 g/mol. The SMILES string of the molecule is CC1(C)c2cc(-c3ccc(-c4ccc(-c5nc(-c6ccccc6)nc(-c6ccccc6)n5)cc4)cc3)ccc2-c2c(C#N)cccc21. The van der Waals surface area contributed by atoms with E-state index in [4.69, 9.17) is 15.0 Å². The van der Waals surface area contributed by atoms with Gasteiger partial charge < -0.3 is 0 Å². The summed E-state index contributed by atoms with van der Waals surface area (Å²) in [4.78, 5) is 14.5. The number of rotatable bonds is 5. The largest absolute Gasteiger partial charge is 0.208 e. The van der Waals surface area contributed by atoms with Gasteiger partial charge >= 0.3 is 0 Å². The first-order chi connectivity index (χ1) is 23.0. The van der Waals surface area contributed by atoms with Crippen molar-refractivity contribution in [3.8, 4) is 73.6 Å². The first-order valence-corrected chi connectivity index (χ1v) is 15.8. The van der Waals surface area contributed by atoms with Gasteiger partial charge in [0.25, 0.3) is 0 Å². The standard InChI is InChI=1S/C43H30N4/c1-43(2)37-15-9-14-35(27-44)39(37)36-25-24-34(26-38(36)43)30-18-16-28(17-19-30)29-20-22-33(23-21-29)42-46-40(31-10-5-3-6-11-31)45-41(47-42)32-12-7-4-8-13-32/h3-26H,1-2H3. The predicted octanol–water partition coefficient (Wildman–Crippen LogP) is 10.4. The first kappa shape index (κ1) is 28.3. The second-order valence-corrected chi connectivity index (χ2v) is 12.4. The molecular formula is C43H30N4. The van der Waals surface area contributed by atoms with E-state index in [2.05, 4.69) is 92.7 Å². The quantitative estimate of drug-likeness (QED) is 0.197. The van der Waals surface area contributed by atoms with E-state index in [1.807, 2.05) is 72.8 Å². The van der Waals surface area contributed by atoms with Gasteiger partial charge in [0.1, 0.15) is 0 Å². The minimum Gasteiger partial charge on any atom is -0.208 e. The molecule has 8 rings (SSSR count). The maximum atomic E-state index is 9.77. The van der Waals surface area contributed by atoms with Crippen LogP contribution in [0.5, 0.6) is 0 Å². The van der Waals surface area contributed by atoms with Crippen molar-refractivity contribution in [3.63, 3.8) is 0 Å². The fraction of sp³-hybridized carbons (Fsp3) is 0.0698. The molecule has 47 heavy (non-hydrogen) atoms. The highest BCUT2D eigenvalue weighted by molar-refractivity contribution is 5.87. The highest BCUT2D eigenvalue weighted by Gasteiger charge is 2.36. The van der Waals surface area contributed by atoms with Crippen molar-refractivity contribution >= 4 is 0 Å². The van der Waals surface area contributed by atoms with Crippen LogP contribution in [0.25, 0.3) is 67.5 Å². The van der Waals surface area contributed by atoms with E-state index in [1.54, 1.807) is 0 Å². The summed E-state index contributed by atoms with van der Waals surface area (Å²) < 4.78 is 0. The highest BCUT2D eigenvalue weighted by atomic mass is 15.0. The molecule has 4 nitrogen and oxygen atoms in total. The van der Waals surface area contributed by atoms with Crippen LogP contribution in [0.3, 0.4) is 0 Å². The molecule has 0 atom stereocenters. The van der Waals surface area contributed by atoms with Crippen LogP contribution in [-0.4, -0.2) is 15.0 Å². The Hall–Kier alpha value is -6.18. The lowest BCUT2D eigenvalue weighted by Gasteiger charge is -2.22. The van der Waals surface area contributed by atoms with Crippen molar-refractivity contribution in [1.29, 1.82) is 5.26 Å². The normalized spacial score (nSPS) is 12.6. The van der Waals surface area contributed by atoms with Crippen LogP contribution in [0.4, 0.5) is 0 Å². The zero-order valence-electron chi connectivity index (χ0n) is 26.1. The van der Waals surface area contributed by atoms with Gasteiger partial charge in [0.2, 0.25) is 0 Å². The Kier molecular flexibility index (Phi) is 6.82. The fourth-order valence-corrected chi connectivity index (χ4v) is 6.67. The third-order valence-corrected chi connectivity index (χ3v) is 9.21. The third-order valence-electron chi connectivity index (χ3n) is 9.21. The molecule has 4 heteroatoms. The summed E-state index contributed by atoms with van der Waals surface area (Å²) in [5, 5.41) is 9.77. The van der Waals surface area contributed by atoms with E-state index in [0.717, 1.165) is 50.1 Å². The molecule has 0 N–H and O–H groups in total. The Morgan fingerprint density at radius 3 is 1.40 bits per heavy atom. The van der Waals surface area contributed by atoms with E-state index < -0.39 is 0 Å². The Balaban J connectivity index is 1.09.